The van der Waals surface area contributed by atoms with Gasteiger partial charge < -0.3 is 5.32 Å². The van der Waals surface area contributed by atoms with Gasteiger partial charge in [0.05, 0.1) is 5.69 Å². The lowest BCUT2D eigenvalue weighted by Gasteiger charge is -2.25. The summed E-state index contributed by atoms with van der Waals surface area (Å²) in [6.07, 6.45) is 2.23. The first-order valence-corrected chi connectivity index (χ1v) is 7.56. The number of fused-ring (bicyclic) bond motifs is 1. The standard InChI is InChI=1S/C17H21N3O/c1-3-12-10-13(20(2)19-12)11-17(21)15-8-9-18-16-7-5-4-6-14(15)16/h4-7,10,15,18H,3,8-9,11H2,1-2H3. The Bertz CT molecular complexity index is 660. The molecule has 0 saturated heterocycles. The number of rotatable bonds is 4. The first kappa shape index (κ1) is 13.9. The Morgan fingerprint density at radius 2 is 2.24 bits per heavy atom. The lowest BCUT2D eigenvalue weighted by molar-refractivity contribution is -0.120. The minimum atomic E-state index is 0.00225. The molecule has 3 rings (SSSR count). The monoisotopic (exact) mass is 283 g/mol. The second-order valence-electron chi connectivity index (χ2n) is 5.60. The molecule has 1 unspecified atom stereocenters. The van der Waals surface area contributed by atoms with Gasteiger partial charge in [-0.2, -0.15) is 5.10 Å². The van der Waals surface area contributed by atoms with Crippen LogP contribution >= 0.6 is 0 Å². The van der Waals surface area contributed by atoms with Crippen molar-refractivity contribution in [1.82, 2.24) is 9.78 Å². The van der Waals surface area contributed by atoms with Gasteiger partial charge in [-0.3, -0.25) is 9.48 Å². The van der Waals surface area contributed by atoms with E-state index < -0.39 is 0 Å². The summed E-state index contributed by atoms with van der Waals surface area (Å²) in [5, 5.41) is 7.79. The maximum atomic E-state index is 12.7. The number of para-hydroxylation sites is 1. The van der Waals surface area contributed by atoms with E-state index in [9.17, 15) is 4.79 Å². The highest BCUT2D eigenvalue weighted by Crippen LogP contribution is 2.32. The Balaban J connectivity index is 1.81. The van der Waals surface area contributed by atoms with Crippen LogP contribution in [0.5, 0.6) is 0 Å². The summed E-state index contributed by atoms with van der Waals surface area (Å²) in [4.78, 5) is 12.7. The molecule has 4 heteroatoms. The zero-order chi connectivity index (χ0) is 14.8. The van der Waals surface area contributed by atoms with E-state index in [2.05, 4.69) is 23.4 Å². The van der Waals surface area contributed by atoms with Crippen molar-refractivity contribution in [1.29, 1.82) is 0 Å². The summed E-state index contributed by atoms with van der Waals surface area (Å²) >= 11 is 0. The predicted octanol–water partition coefficient (Wildman–Crippen LogP) is 2.69. The van der Waals surface area contributed by atoms with Gasteiger partial charge in [-0.05, 0) is 30.5 Å². The van der Waals surface area contributed by atoms with Crippen molar-refractivity contribution >= 4 is 11.5 Å². The Morgan fingerprint density at radius 1 is 1.43 bits per heavy atom. The molecule has 0 saturated carbocycles. The van der Waals surface area contributed by atoms with Crippen LogP contribution in [0.3, 0.4) is 0 Å². The minimum Gasteiger partial charge on any atom is -0.385 e. The van der Waals surface area contributed by atoms with Gasteiger partial charge in [-0.25, -0.2) is 0 Å². The van der Waals surface area contributed by atoms with E-state index in [0.717, 1.165) is 42.0 Å². The third kappa shape index (κ3) is 2.71. The molecule has 4 nitrogen and oxygen atoms in total. The number of aromatic nitrogens is 2. The topological polar surface area (TPSA) is 46.9 Å². The number of aryl methyl sites for hydroxylation is 2. The van der Waals surface area contributed by atoms with E-state index in [1.165, 1.54) is 0 Å². The first-order chi connectivity index (χ1) is 10.2. The highest BCUT2D eigenvalue weighted by Gasteiger charge is 2.26. The Kier molecular flexibility index (Phi) is 3.78. The summed E-state index contributed by atoms with van der Waals surface area (Å²) in [6.45, 7) is 2.94. The van der Waals surface area contributed by atoms with Crippen molar-refractivity contribution in [2.75, 3.05) is 11.9 Å². The number of ketones is 1. The molecule has 0 radical (unpaired) electrons. The fourth-order valence-corrected chi connectivity index (χ4v) is 3.01. The van der Waals surface area contributed by atoms with Gasteiger partial charge in [0.1, 0.15) is 5.78 Å². The fraction of sp³-hybridized carbons (Fsp3) is 0.412. The lowest BCUT2D eigenvalue weighted by atomic mass is 9.86. The largest absolute Gasteiger partial charge is 0.385 e. The normalized spacial score (nSPS) is 17.1. The number of Topliss-reactive ketones (excluding diaryl/α,β-unsaturated/α-hetero) is 1. The van der Waals surface area contributed by atoms with Crippen LogP contribution in [0.25, 0.3) is 0 Å². The Morgan fingerprint density at radius 3 is 3.00 bits per heavy atom. The van der Waals surface area contributed by atoms with Gasteiger partial charge >= 0.3 is 0 Å². The molecule has 1 aliphatic rings. The van der Waals surface area contributed by atoms with Crippen LogP contribution in [0, 0.1) is 0 Å². The molecule has 1 N–H and O–H groups in total. The van der Waals surface area contributed by atoms with Crippen LogP contribution in [0.4, 0.5) is 5.69 Å². The van der Waals surface area contributed by atoms with E-state index in [-0.39, 0.29) is 11.7 Å². The molecule has 1 aromatic heterocycles. The average molecular weight is 283 g/mol. The second-order valence-corrected chi connectivity index (χ2v) is 5.60. The van der Waals surface area contributed by atoms with E-state index in [1.807, 2.05) is 36.0 Å². The van der Waals surface area contributed by atoms with Gasteiger partial charge in [0.2, 0.25) is 0 Å². The summed E-state index contributed by atoms with van der Waals surface area (Å²) in [5.74, 6) is 0.289. The molecule has 0 bridgehead atoms. The number of carbonyl (C=O) groups excluding carboxylic acids is 1. The van der Waals surface area contributed by atoms with E-state index in [1.54, 1.807) is 0 Å². The van der Waals surface area contributed by atoms with Crippen molar-refractivity contribution in [3.8, 4) is 0 Å². The van der Waals surface area contributed by atoms with Gasteiger partial charge in [-0.1, -0.05) is 25.1 Å². The quantitative estimate of drug-likeness (QED) is 0.938. The van der Waals surface area contributed by atoms with Crippen LogP contribution in [0.15, 0.2) is 30.3 Å². The molecule has 1 aliphatic heterocycles. The van der Waals surface area contributed by atoms with Crippen LogP contribution < -0.4 is 5.32 Å². The molecule has 110 valence electrons. The SMILES string of the molecule is CCc1cc(CC(=O)C2CCNc3ccccc32)n(C)n1. The second kappa shape index (κ2) is 5.72. The number of carbonyl (C=O) groups is 1. The molecule has 21 heavy (non-hydrogen) atoms. The number of nitrogens with zero attached hydrogens (tertiary/aromatic N) is 2. The predicted molar refractivity (Wildman–Crippen MR) is 83.6 cm³/mol. The third-order valence-corrected chi connectivity index (χ3v) is 4.22. The van der Waals surface area contributed by atoms with Crippen LogP contribution in [0.2, 0.25) is 0 Å². The molecule has 2 aromatic rings. The Labute approximate surface area is 125 Å². The molecule has 1 atom stereocenters. The molecular weight excluding hydrogens is 262 g/mol. The number of hydrogen-bond acceptors (Lipinski definition) is 3. The molecule has 0 aliphatic carbocycles. The van der Waals surface area contributed by atoms with Crippen molar-refractivity contribution < 1.29 is 4.79 Å². The molecule has 1 aromatic carbocycles. The van der Waals surface area contributed by atoms with E-state index in [4.69, 9.17) is 0 Å². The number of hydrogen-bond donors (Lipinski definition) is 1. The number of anilines is 1. The van der Waals surface area contributed by atoms with Gasteiger partial charge in [0.25, 0.3) is 0 Å². The molecular formula is C17H21N3O. The van der Waals surface area contributed by atoms with Crippen LogP contribution in [-0.2, 0) is 24.7 Å². The van der Waals surface area contributed by atoms with Gasteiger partial charge in [0, 0.05) is 37.3 Å². The molecule has 2 heterocycles. The van der Waals surface area contributed by atoms with Gasteiger partial charge in [-0.15, -0.1) is 0 Å². The Hall–Kier alpha value is -2.10. The van der Waals surface area contributed by atoms with Crippen molar-refractivity contribution in [3.63, 3.8) is 0 Å². The van der Waals surface area contributed by atoms with E-state index >= 15 is 0 Å². The summed E-state index contributed by atoms with van der Waals surface area (Å²) in [7, 11) is 1.91. The molecule has 0 amide bonds. The first-order valence-electron chi connectivity index (χ1n) is 7.56. The van der Waals surface area contributed by atoms with Crippen LogP contribution in [0.1, 0.15) is 36.2 Å². The van der Waals surface area contributed by atoms with Crippen molar-refractivity contribution in [3.05, 3.63) is 47.3 Å². The molecule has 0 spiro atoms. The number of benzene rings is 1. The third-order valence-electron chi connectivity index (χ3n) is 4.22. The maximum absolute atomic E-state index is 12.7. The summed E-state index contributed by atoms with van der Waals surface area (Å²) < 4.78 is 1.84. The minimum absolute atomic E-state index is 0.00225. The van der Waals surface area contributed by atoms with Crippen molar-refractivity contribution in [2.45, 2.75) is 32.1 Å². The van der Waals surface area contributed by atoms with E-state index in [0.29, 0.717) is 6.42 Å². The smallest absolute Gasteiger partial charge is 0.146 e. The van der Waals surface area contributed by atoms with Crippen LogP contribution in [-0.4, -0.2) is 22.1 Å². The summed E-state index contributed by atoms with van der Waals surface area (Å²) in [5.41, 5.74) is 4.28. The average Bonchev–Trinajstić information content (AvgIpc) is 2.87. The highest BCUT2D eigenvalue weighted by molar-refractivity contribution is 5.89. The molecule has 0 fully saturated rings. The highest BCUT2D eigenvalue weighted by atomic mass is 16.1. The summed E-state index contributed by atoms with van der Waals surface area (Å²) in [6, 6.07) is 10.2. The van der Waals surface area contributed by atoms with Crippen molar-refractivity contribution in [2.24, 2.45) is 7.05 Å². The number of nitrogens with one attached hydrogen (secondary N) is 1. The maximum Gasteiger partial charge on any atom is 0.146 e. The van der Waals surface area contributed by atoms with Gasteiger partial charge in [0.15, 0.2) is 0 Å². The zero-order valence-electron chi connectivity index (χ0n) is 12.6. The zero-order valence-corrected chi connectivity index (χ0v) is 12.6. The lowest BCUT2D eigenvalue weighted by Crippen LogP contribution is -2.24. The fourth-order valence-electron chi connectivity index (χ4n) is 3.01.